The zero-order valence-corrected chi connectivity index (χ0v) is 12.8. The summed E-state index contributed by atoms with van der Waals surface area (Å²) in [5, 5.41) is 2.56. The van der Waals surface area contributed by atoms with Gasteiger partial charge >= 0.3 is 18.0 Å². The van der Waals surface area contributed by atoms with E-state index in [1.165, 1.54) is 0 Å². The average molecular weight is 319 g/mol. The molecule has 0 spiro atoms. The van der Waals surface area contributed by atoms with Gasteiger partial charge in [-0.15, -0.1) is 0 Å². The van der Waals surface area contributed by atoms with Crippen LogP contribution in [-0.4, -0.2) is 35.3 Å². The largest absolute Gasteiger partial charge is 0.392 e. The van der Waals surface area contributed by atoms with Gasteiger partial charge in [-0.1, -0.05) is 24.3 Å². The van der Waals surface area contributed by atoms with Crippen molar-refractivity contribution in [3.63, 3.8) is 0 Å². The van der Waals surface area contributed by atoms with Crippen LogP contribution in [0.4, 0.5) is 4.79 Å². The number of esters is 2. The highest BCUT2D eigenvalue weighted by Crippen LogP contribution is 2.28. The minimum absolute atomic E-state index is 0.361. The van der Waals surface area contributed by atoms with Gasteiger partial charge in [-0.3, -0.25) is 14.5 Å². The Morgan fingerprint density at radius 1 is 1.26 bits per heavy atom. The van der Waals surface area contributed by atoms with Gasteiger partial charge in [0.05, 0.1) is 0 Å². The summed E-state index contributed by atoms with van der Waals surface area (Å²) in [5.74, 6) is -2.37. The number of nitrogens with one attached hydrogen (secondary N) is 1. The number of benzene rings is 1. The Morgan fingerprint density at radius 2 is 1.87 bits per heavy atom. The van der Waals surface area contributed by atoms with Gasteiger partial charge in [0.2, 0.25) is 0 Å². The molecule has 2 rings (SSSR count). The fourth-order valence-corrected chi connectivity index (χ4v) is 2.33. The lowest BCUT2D eigenvalue weighted by Crippen LogP contribution is -2.41. The number of amides is 3. The summed E-state index contributed by atoms with van der Waals surface area (Å²) < 4.78 is 4.35. The fourth-order valence-electron chi connectivity index (χ4n) is 2.33. The molecule has 1 aliphatic heterocycles. The average Bonchev–Trinajstić information content (AvgIpc) is 2.71. The summed E-state index contributed by atoms with van der Waals surface area (Å²) >= 11 is 0. The van der Waals surface area contributed by atoms with E-state index in [2.05, 4.69) is 10.1 Å². The van der Waals surface area contributed by atoms with Crippen molar-refractivity contribution in [3.05, 3.63) is 35.4 Å². The summed E-state index contributed by atoms with van der Waals surface area (Å²) in [5.41, 5.74) is 5.69. The van der Waals surface area contributed by atoms with E-state index in [-0.39, 0.29) is 0 Å². The number of imide groups is 1. The lowest BCUT2D eigenvalue weighted by Gasteiger charge is -2.22. The van der Waals surface area contributed by atoms with Crippen molar-refractivity contribution in [2.24, 2.45) is 5.73 Å². The molecule has 0 bridgehead atoms. The number of nitrogens with zero attached hydrogens (tertiary/aromatic N) is 1. The van der Waals surface area contributed by atoms with E-state index in [0.717, 1.165) is 17.4 Å². The third-order valence-corrected chi connectivity index (χ3v) is 3.59. The summed E-state index contributed by atoms with van der Waals surface area (Å²) in [6.45, 7) is 2.34. The third kappa shape index (κ3) is 3.21. The molecule has 0 saturated carbocycles. The molecule has 1 heterocycles. The predicted molar refractivity (Wildman–Crippen MR) is 78.7 cm³/mol. The molecule has 3 amide bonds. The van der Waals surface area contributed by atoms with Crippen LogP contribution in [0.15, 0.2) is 24.3 Å². The van der Waals surface area contributed by atoms with E-state index in [1.54, 1.807) is 31.2 Å². The normalized spacial score (nSPS) is 20.4. The van der Waals surface area contributed by atoms with E-state index >= 15 is 0 Å². The molecular formula is C15H17N3O5. The first-order valence-corrected chi connectivity index (χ1v) is 6.92. The molecule has 1 aromatic rings. The second kappa shape index (κ2) is 6.17. The standard InChI is InChI=1S/C15H17N3O5/c1-9(19)23-12(20)8-18-13(21)15(2,17-14(18)22)11-5-3-10(7-16)4-6-11/h3-6H,7-8,16H2,1-2H3,(H,17,22)/t15-/m0/s1. The second-order valence-electron chi connectivity index (χ2n) is 5.31. The quantitative estimate of drug-likeness (QED) is 0.458. The van der Waals surface area contributed by atoms with E-state index in [9.17, 15) is 19.2 Å². The van der Waals surface area contributed by atoms with E-state index < -0.39 is 36.0 Å². The minimum atomic E-state index is -1.29. The number of rotatable bonds is 4. The highest BCUT2D eigenvalue weighted by atomic mass is 16.6. The van der Waals surface area contributed by atoms with Crippen LogP contribution < -0.4 is 11.1 Å². The molecular weight excluding hydrogens is 302 g/mol. The maximum atomic E-state index is 12.5. The first-order chi connectivity index (χ1) is 10.8. The van der Waals surface area contributed by atoms with E-state index in [0.29, 0.717) is 12.1 Å². The SMILES string of the molecule is CC(=O)OC(=O)CN1C(=O)N[C@@](C)(c2ccc(CN)cc2)C1=O. The van der Waals surface area contributed by atoms with Gasteiger partial charge in [-0.2, -0.15) is 0 Å². The van der Waals surface area contributed by atoms with Crippen molar-refractivity contribution in [2.45, 2.75) is 25.9 Å². The maximum Gasteiger partial charge on any atom is 0.333 e. The van der Waals surface area contributed by atoms with Crippen molar-refractivity contribution in [1.29, 1.82) is 0 Å². The topological polar surface area (TPSA) is 119 Å². The van der Waals surface area contributed by atoms with Gasteiger partial charge in [-0.05, 0) is 18.1 Å². The first kappa shape index (κ1) is 16.6. The Bertz CT molecular complexity index is 670. The van der Waals surface area contributed by atoms with Crippen LogP contribution in [-0.2, 0) is 31.2 Å². The number of hydrogen-bond donors (Lipinski definition) is 2. The Morgan fingerprint density at radius 3 is 2.39 bits per heavy atom. The Hall–Kier alpha value is -2.74. The molecule has 122 valence electrons. The molecule has 3 N–H and O–H groups in total. The number of nitrogens with two attached hydrogens (primary N) is 1. The second-order valence-corrected chi connectivity index (χ2v) is 5.31. The van der Waals surface area contributed by atoms with Crippen LogP contribution in [0.5, 0.6) is 0 Å². The van der Waals surface area contributed by atoms with Crippen molar-refractivity contribution >= 4 is 23.9 Å². The van der Waals surface area contributed by atoms with E-state index in [1.807, 2.05) is 0 Å². The summed E-state index contributed by atoms with van der Waals surface area (Å²) in [7, 11) is 0. The molecule has 23 heavy (non-hydrogen) atoms. The van der Waals surface area contributed by atoms with Gasteiger partial charge in [0.15, 0.2) is 0 Å². The Balaban J connectivity index is 2.21. The number of urea groups is 1. The molecule has 1 saturated heterocycles. The molecule has 8 nitrogen and oxygen atoms in total. The summed E-state index contributed by atoms with van der Waals surface area (Å²) in [4.78, 5) is 47.5. The van der Waals surface area contributed by atoms with Crippen LogP contribution >= 0.6 is 0 Å². The fraction of sp³-hybridized carbons (Fsp3) is 0.333. The molecule has 1 atom stereocenters. The van der Waals surface area contributed by atoms with Gasteiger partial charge in [0.1, 0.15) is 12.1 Å². The van der Waals surface area contributed by atoms with Crippen LogP contribution in [0.1, 0.15) is 25.0 Å². The van der Waals surface area contributed by atoms with Gasteiger partial charge in [0, 0.05) is 13.5 Å². The van der Waals surface area contributed by atoms with Gasteiger partial charge in [-0.25, -0.2) is 9.59 Å². The van der Waals surface area contributed by atoms with Crippen molar-refractivity contribution < 1.29 is 23.9 Å². The number of carbonyl (C=O) groups excluding carboxylic acids is 4. The van der Waals surface area contributed by atoms with Gasteiger partial charge in [0.25, 0.3) is 5.91 Å². The molecule has 0 unspecified atom stereocenters. The van der Waals surface area contributed by atoms with Crippen molar-refractivity contribution in [2.75, 3.05) is 6.54 Å². The molecule has 1 fully saturated rings. The lowest BCUT2D eigenvalue weighted by atomic mass is 9.91. The third-order valence-electron chi connectivity index (χ3n) is 3.59. The smallest absolute Gasteiger partial charge is 0.333 e. The number of carbonyl (C=O) groups is 4. The molecule has 0 aliphatic carbocycles. The zero-order valence-electron chi connectivity index (χ0n) is 12.8. The summed E-state index contributed by atoms with van der Waals surface area (Å²) in [6, 6.07) is 6.18. The van der Waals surface area contributed by atoms with Crippen molar-refractivity contribution in [1.82, 2.24) is 10.2 Å². The molecule has 0 radical (unpaired) electrons. The highest BCUT2D eigenvalue weighted by Gasteiger charge is 2.49. The molecule has 0 aromatic heterocycles. The monoisotopic (exact) mass is 319 g/mol. The number of ether oxygens (including phenoxy) is 1. The first-order valence-electron chi connectivity index (χ1n) is 6.92. The highest BCUT2D eigenvalue weighted by molar-refractivity contribution is 6.09. The zero-order chi connectivity index (χ0) is 17.2. The molecule has 1 aromatic carbocycles. The van der Waals surface area contributed by atoms with Crippen LogP contribution in [0.25, 0.3) is 0 Å². The minimum Gasteiger partial charge on any atom is -0.392 e. The van der Waals surface area contributed by atoms with Crippen molar-refractivity contribution in [3.8, 4) is 0 Å². The lowest BCUT2D eigenvalue weighted by molar-refractivity contribution is -0.159. The number of hydrogen-bond acceptors (Lipinski definition) is 6. The van der Waals surface area contributed by atoms with Crippen LogP contribution in [0, 0.1) is 0 Å². The molecule has 1 aliphatic rings. The predicted octanol–water partition coefficient (Wildman–Crippen LogP) is 0.00200. The van der Waals surface area contributed by atoms with Gasteiger partial charge < -0.3 is 15.8 Å². The Labute approximate surface area is 132 Å². The van der Waals surface area contributed by atoms with E-state index in [4.69, 9.17) is 5.73 Å². The molecule has 8 heteroatoms. The maximum absolute atomic E-state index is 12.5. The Kier molecular flexibility index (Phi) is 4.46. The van der Waals surface area contributed by atoms with Crippen LogP contribution in [0.3, 0.4) is 0 Å². The van der Waals surface area contributed by atoms with Crippen LogP contribution in [0.2, 0.25) is 0 Å². The summed E-state index contributed by atoms with van der Waals surface area (Å²) in [6.07, 6.45) is 0.